The van der Waals surface area contributed by atoms with Gasteiger partial charge in [0.25, 0.3) is 5.91 Å². The Kier molecular flexibility index (Phi) is 4.79. The molecule has 1 aliphatic heterocycles. The molecule has 0 aliphatic carbocycles. The Morgan fingerprint density at radius 1 is 1.36 bits per heavy atom. The van der Waals surface area contributed by atoms with Gasteiger partial charge in [-0.3, -0.25) is 14.3 Å². The van der Waals surface area contributed by atoms with Gasteiger partial charge < -0.3 is 14.7 Å². The molecular formula is C14H19N3O5. The number of hydrogen-bond donors (Lipinski definition) is 1. The van der Waals surface area contributed by atoms with Crippen molar-refractivity contribution in [1.82, 2.24) is 14.7 Å². The number of ether oxygens (including phenoxy) is 1. The van der Waals surface area contributed by atoms with E-state index in [2.05, 4.69) is 5.10 Å². The minimum absolute atomic E-state index is 0.0737. The van der Waals surface area contributed by atoms with E-state index in [4.69, 9.17) is 9.84 Å². The van der Waals surface area contributed by atoms with E-state index in [0.717, 1.165) is 0 Å². The van der Waals surface area contributed by atoms with Gasteiger partial charge in [0.05, 0.1) is 18.1 Å². The van der Waals surface area contributed by atoms with Gasteiger partial charge in [0.15, 0.2) is 5.69 Å². The number of nitrogens with zero attached hydrogens (tertiary/aromatic N) is 3. The third kappa shape index (κ3) is 3.26. The van der Waals surface area contributed by atoms with E-state index < -0.39 is 5.97 Å². The molecule has 0 unspecified atom stereocenters. The second kappa shape index (κ2) is 6.59. The summed E-state index contributed by atoms with van der Waals surface area (Å²) in [5.74, 6) is -2.03. The highest BCUT2D eigenvalue weighted by molar-refractivity contribution is 6.03. The Labute approximate surface area is 127 Å². The monoisotopic (exact) mass is 309 g/mol. The van der Waals surface area contributed by atoms with Crippen LogP contribution in [0, 0.1) is 5.92 Å². The molecule has 1 aromatic heterocycles. The van der Waals surface area contributed by atoms with Gasteiger partial charge in [0.2, 0.25) is 0 Å². The van der Waals surface area contributed by atoms with Crippen molar-refractivity contribution in [3.63, 3.8) is 0 Å². The molecule has 0 saturated carbocycles. The Bertz CT molecular complexity index is 587. The summed E-state index contributed by atoms with van der Waals surface area (Å²) >= 11 is 0. The molecule has 0 radical (unpaired) electrons. The topological polar surface area (TPSA) is 102 Å². The number of carboxylic acid groups (broad SMARTS) is 1. The van der Waals surface area contributed by atoms with Crippen LogP contribution in [0.3, 0.4) is 0 Å². The molecule has 1 saturated heterocycles. The second-order valence-corrected chi connectivity index (χ2v) is 5.19. The summed E-state index contributed by atoms with van der Waals surface area (Å²) in [5.41, 5.74) is -0.176. The van der Waals surface area contributed by atoms with Crippen molar-refractivity contribution in [2.24, 2.45) is 13.0 Å². The van der Waals surface area contributed by atoms with Crippen LogP contribution in [0.1, 0.15) is 40.6 Å². The van der Waals surface area contributed by atoms with Crippen LogP contribution in [0.5, 0.6) is 0 Å². The molecule has 22 heavy (non-hydrogen) atoms. The molecule has 0 aromatic carbocycles. The second-order valence-electron chi connectivity index (χ2n) is 5.19. The van der Waals surface area contributed by atoms with Crippen molar-refractivity contribution < 1.29 is 24.2 Å². The van der Waals surface area contributed by atoms with Crippen molar-refractivity contribution in [2.75, 3.05) is 19.7 Å². The number of amides is 1. The van der Waals surface area contributed by atoms with Crippen molar-refractivity contribution in [3.8, 4) is 0 Å². The summed E-state index contributed by atoms with van der Waals surface area (Å²) in [5, 5.41) is 12.9. The van der Waals surface area contributed by atoms with Crippen molar-refractivity contribution in [3.05, 3.63) is 17.5 Å². The summed E-state index contributed by atoms with van der Waals surface area (Å²) in [7, 11) is 1.57. The molecule has 1 aromatic rings. The van der Waals surface area contributed by atoms with Crippen LogP contribution in [-0.4, -0.2) is 57.3 Å². The average molecular weight is 309 g/mol. The first kappa shape index (κ1) is 16.0. The highest BCUT2D eigenvalue weighted by Crippen LogP contribution is 2.21. The number of aryl methyl sites for hydroxylation is 1. The summed E-state index contributed by atoms with van der Waals surface area (Å²) in [6.07, 6.45) is 2.45. The molecule has 8 heteroatoms. The summed E-state index contributed by atoms with van der Waals surface area (Å²) in [4.78, 5) is 36.8. The smallest absolute Gasteiger partial charge is 0.357 e. The lowest BCUT2D eigenvalue weighted by atomic mass is 9.96. The Morgan fingerprint density at radius 2 is 2.00 bits per heavy atom. The fourth-order valence-corrected chi connectivity index (χ4v) is 2.55. The highest BCUT2D eigenvalue weighted by Gasteiger charge is 2.31. The number of piperidine rings is 1. The lowest BCUT2D eigenvalue weighted by Gasteiger charge is -2.30. The molecule has 1 amide bonds. The normalized spacial score (nSPS) is 15.6. The molecule has 0 bridgehead atoms. The van der Waals surface area contributed by atoms with Crippen LogP contribution >= 0.6 is 0 Å². The van der Waals surface area contributed by atoms with E-state index in [-0.39, 0.29) is 29.1 Å². The van der Waals surface area contributed by atoms with Gasteiger partial charge in [-0.25, -0.2) is 4.79 Å². The van der Waals surface area contributed by atoms with Crippen LogP contribution in [-0.2, 0) is 16.6 Å². The van der Waals surface area contributed by atoms with Crippen LogP contribution in [0.15, 0.2) is 6.20 Å². The molecule has 0 atom stereocenters. The van der Waals surface area contributed by atoms with Crippen LogP contribution in [0.25, 0.3) is 0 Å². The number of likely N-dealkylation sites (tertiary alicyclic amines) is 1. The predicted octanol–water partition coefficient (Wildman–Crippen LogP) is 0.534. The Balaban J connectivity index is 2.04. The SMILES string of the molecule is CCOC(=O)C1CCN(C(=O)c2cn(C)nc2C(=O)O)CC1. The predicted molar refractivity (Wildman–Crippen MR) is 75.4 cm³/mol. The molecule has 1 fully saturated rings. The molecule has 0 spiro atoms. The lowest BCUT2D eigenvalue weighted by molar-refractivity contribution is -0.149. The van der Waals surface area contributed by atoms with Gasteiger partial charge >= 0.3 is 11.9 Å². The van der Waals surface area contributed by atoms with E-state index in [1.54, 1.807) is 18.9 Å². The molecule has 2 heterocycles. The Morgan fingerprint density at radius 3 is 2.55 bits per heavy atom. The van der Waals surface area contributed by atoms with Crippen molar-refractivity contribution in [1.29, 1.82) is 0 Å². The maximum absolute atomic E-state index is 12.4. The van der Waals surface area contributed by atoms with Gasteiger partial charge in [0, 0.05) is 26.3 Å². The number of carbonyl (C=O) groups excluding carboxylic acids is 2. The minimum Gasteiger partial charge on any atom is -0.476 e. The number of rotatable bonds is 4. The molecule has 1 aliphatic rings. The van der Waals surface area contributed by atoms with Crippen molar-refractivity contribution in [2.45, 2.75) is 19.8 Å². The zero-order valence-electron chi connectivity index (χ0n) is 12.6. The zero-order chi connectivity index (χ0) is 16.3. The fraction of sp³-hybridized carbons (Fsp3) is 0.571. The van der Waals surface area contributed by atoms with Gasteiger partial charge in [-0.05, 0) is 19.8 Å². The van der Waals surface area contributed by atoms with Gasteiger partial charge in [0.1, 0.15) is 0 Å². The number of aromatic carboxylic acids is 1. The number of esters is 1. The average Bonchev–Trinajstić information content (AvgIpc) is 2.89. The van der Waals surface area contributed by atoms with E-state index in [9.17, 15) is 14.4 Å². The van der Waals surface area contributed by atoms with Gasteiger partial charge in [-0.15, -0.1) is 0 Å². The van der Waals surface area contributed by atoms with E-state index >= 15 is 0 Å². The third-order valence-corrected chi connectivity index (χ3v) is 3.66. The van der Waals surface area contributed by atoms with Crippen molar-refractivity contribution >= 4 is 17.8 Å². The minimum atomic E-state index is -1.23. The molecular weight excluding hydrogens is 290 g/mol. The van der Waals surface area contributed by atoms with Gasteiger partial charge in [-0.2, -0.15) is 5.10 Å². The first-order valence-electron chi connectivity index (χ1n) is 7.16. The quantitative estimate of drug-likeness (QED) is 0.814. The van der Waals surface area contributed by atoms with Gasteiger partial charge in [-0.1, -0.05) is 0 Å². The summed E-state index contributed by atoms with van der Waals surface area (Å²) in [6.45, 7) is 2.90. The summed E-state index contributed by atoms with van der Waals surface area (Å²) in [6, 6.07) is 0. The fourth-order valence-electron chi connectivity index (χ4n) is 2.55. The zero-order valence-corrected chi connectivity index (χ0v) is 12.6. The first-order valence-corrected chi connectivity index (χ1v) is 7.16. The lowest BCUT2D eigenvalue weighted by Crippen LogP contribution is -2.41. The highest BCUT2D eigenvalue weighted by atomic mass is 16.5. The maximum atomic E-state index is 12.4. The molecule has 2 rings (SSSR count). The number of carbonyl (C=O) groups is 3. The van der Waals surface area contributed by atoms with Crippen LogP contribution < -0.4 is 0 Å². The van der Waals surface area contributed by atoms with E-state index in [1.807, 2.05) is 0 Å². The van der Waals surface area contributed by atoms with E-state index in [1.165, 1.54) is 10.9 Å². The number of carboxylic acids is 1. The first-order chi connectivity index (χ1) is 10.4. The molecule has 8 nitrogen and oxygen atoms in total. The number of aromatic nitrogens is 2. The number of hydrogen-bond acceptors (Lipinski definition) is 5. The largest absolute Gasteiger partial charge is 0.476 e. The van der Waals surface area contributed by atoms with E-state index in [0.29, 0.717) is 32.5 Å². The third-order valence-electron chi connectivity index (χ3n) is 3.66. The maximum Gasteiger partial charge on any atom is 0.357 e. The molecule has 1 N–H and O–H groups in total. The standard InChI is InChI=1S/C14H19N3O5/c1-3-22-14(21)9-4-6-17(7-5-9)12(18)10-8-16(2)15-11(10)13(19)20/h8-9H,3-7H2,1-2H3,(H,19,20). The van der Waals surface area contributed by atoms with Crippen LogP contribution in [0.2, 0.25) is 0 Å². The summed E-state index contributed by atoms with van der Waals surface area (Å²) < 4.78 is 6.29. The molecule has 120 valence electrons. The van der Waals surface area contributed by atoms with Crippen LogP contribution in [0.4, 0.5) is 0 Å². The Hall–Kier alpha value is -2.38.